The molecule has 0 bridgehead atoms. The van der Waals surface area contributed by atoms with Gasteiger partial charge in [0.2, 0.25) is 5.91 Å². The quantitative estimate of drug-likeness (QED) is 0.255. The van der Waals surface area contributed by atoms with E-state index in [4.69, 9.17) is 14.2 Å². The second kappa shape index (κ2) is 14.1. The Kier molecular flexibility index (Phi) is 10.2. The Bertz CT molecular complexity index is 1830. The van der Waals surface area contributed by atoms with Gasteiger partial charge in [0.05, 0.1) is 37.5 Å². The lowest BCUT2D eigenvalue weighted by Crippen LogP contribution is -2.38. The third-order valence-electron chi connectivity index (χ3n) is 8.96. The van der Waals surface area contributed by atoms with Crippen molar-refractivity contribution < 1.29 is 37.0 Å². The zero-order chi connectivity index (χ0) is 34.7. The van der Waals surface area contributed by atoms with Crippen LogP contribution in [-0.2, 0) is 19.4 Å². The van der Waals surface area contributed by atoms with E-state index in [2.05, 4.69) is 16.0 Å². The molecule has 2 aliphatic rings. The van der Waals surface area contributed by atoms with Gasteiger partial charge in [0.1, 0.15) is 6.04 Å². The van der Waals surface area contributed by atoms with Crippen LogP contribution in [0.2, 0.25) is 0 Å². The summed E-state index contributed by atoms with van der Waals surface area (Å²) in [4.78, 5) is 41.4. The Balaban J connectivity index is 1.59. The molecule has 256 valence electrons. The Labute approximate surface area is 281 Å². The largest absolute Gasteiger partial charge is 0.493 e. The number of ether oxygens (including phenoxy) is 3. The van der Waals surface area contributed by atoms with Gasteiger partial charge in [0.25, 0.3) is 5.91 Å². The predicted molar refractivity (Wildman–Crippen MR) is 182 cm³/mol. The molecule has 13 heteroatoms. The minimum Gasteiger partial charge on any atom is -0.493 e. The maximum Gasteiger partial charge on any atom is 0.411 e. The highest BCUT2D eigenvalue weighted by atomic mass is 32.2. The van der Waals surface area contributed by atoms with Crippen LogP contribution in [0.15, 0.2) is 59.5 Å². The molecule has 48 heavy (non-hydrogen) atoms. The summed E-state index contributed by atoms with van der Waals surface area (Å²) in [6.45, 7) is 6.17. The summed E-state index contributed by atoms with van der Waals surface area (Å²) in [6.07, 6.45) is 0.427. The van der Waals surface area contributed by atoms with Crippen molar-refractivity contribution in [3.63, 3.8) is 0 Å². The van der Waals surface area contributed by atoms with Crippen molar-refractivity contribution in [2.75, 3.05) is 45.1 Å². The molecular weight excluding hydrogens is 636 g/mol. The number of carbonyl (C=O) groups excluding carboxylic acids is 3. The van der Waals surface area contributed by atoms with Crippen molar-refractivity contribution in [2.45, 2.75) is 61.8 Å². The SMILES string of the molecule is COC(=O)Nc1ccc(S(=O)(=O)C(C)C)c([C@H]2CCCN2C(=O)C(Nc2ccc3c(c2)C(=O)NC[C@@H]3C)c2ccc(OC)c(OC)c2)c1. The van der Waals surface area contributed by atoms with Crippen LogP contribution in [0.3, 0.4) is 0 Å². The van der Waals surface area contributed by atoms with Gasteiger partial charge < -0.3 is 29.7 Å². The van der Waals surface area contributed by atoms with Crippen molar-refractivity contribution in [3.8, 4) is 11.5 Å². The van der Waals surface area contributed by atoms with Crippen molar-refractivity contribution in [3.05, 3.63) is 76.9 Å². The van der Waals surface area contributed by atoms with Crippen molar-refractivity contribution >= 4 is 39.1 Å². The van der Waals surface area contributed by atoms with Crippen LogP contribution in [0.5, 0.6) is 11.5 Å². The van der Waals surface area contributed by atoms with Crippen molar-refractivity contribution in [2.24, 2.45) is 0 Å². The first-order chi connectivity index (χ1) is 22.9. The zero-order valence-electron chi connectivity index (χ0n) is 28.0. The molecule has 3 aromatic rings. The number of rotatable bonds is 10. The Hall–Kier alpha value is -4.78. The van der Waals surface area contributed by atoms with Crippen molar-refractivity contribution in [1.82, 2.24) is 10.2 Å². The molecule has 2 aliphatic heterocycles. The van der Waals surface area contributed by atoms with Crippen LogP contribution in [0, 0.1) is 0 Å². The lowest BCUT2D eigenvalue weighted by molar-refractivity contribution is -0.133. The fourth-order valence-corrected chi connectivity index (χ4v) is 7.59. The van der Waals surface area contributed by atoms with E-state index < -0.39 is 33.3 Å². The number of carbonyl (C=O) groups is 3. The van der Waals surface area contributed by atoms with Crippen LogP contribution in [0.25, 0.3) is 0 Å². The number of nitrogens with one attached hydrogen (secondary N) is 3. The number of nitrogens with zero attached hydrogens (tertiary/aromatic N) is 1. The van der Waals surface area contributed by atoms with Crippen LogP contribution < -0.4 is 25.4 Å². The molecule has 0 radical (unpaired) electrons. The third kappa shape index (κ3) is 6.77. The van der Waals surface area contributed by atoms with Gasteiger partial charge in [-0.05, 0) is 91.8 Å². The van der Waals surface area contributed by atoms with Gasteiger partial charge in [-0.15, -0.1) is 0 Å². The molecule has 0 aromatic heterocycles. The molecule has 3 N–H and O–H groups in total. The second-order valence-electron chi connectivity index (χ2n) is 12.3. The summed E-state index contributed by atoms with van der Waals surface area (Å²) in [6, 6.07) is 13.7. The fourth-order valence-electron chi connectivity index (χ4n) is 6.30. The van der Waals surface area contributed by atoms with Crippen LogP contribution in [-0.4, -0.2) is 70.9 Å². The summed E-state index contributed by atoms with van der Waals surface area (Å²) >= 11 is 0. The van der Waals surface area contributed by atoms with E-state index in [1.54, 1.807) is 49.1 Å². The second-order valence-corrected chi connectivity index (χ2v) is 14.7. The van der Waals surface area contributed by atoms with Gasteiger partial charge in [-0.1, -0.05) is 19.1 Å². The van der Waals surface area contributed by atoms with Gasteiger partial charge in [0, 0.05) is 30.0 Å². The number of benzene rings is 3. The lowest BCUT2D eigenvalue weighted by Gasteiger charge is -2.32. The molecule has 3 amide bonds. The zero-order valence-corrected chi connectivity index (χ0v) is 28.8. The van der Waals surface area contributed by atoms with E-state index in [0.29, 0.717) is 65.5 Å². The van der Waals surface area contributed by atoms with Gasteiger partial charge in [-0.3, -0.25) is 14.9 Å². The molecule has 1 saturated heterocycles. The van der Waals surface area contributed by atoms with E-state index in [9.17, 15) is 22.8 Å². The number of amides is 3. The summed E-state index contributed by atoms with van der Waals surface area (Å²) in [7, 11) is 0.509. The first kappa shape index (κ1) is 34.6. The van der Waals surface area contributed by atoms with Crippen LogP contribution in [0.4, 0.5) is 16.2 Å². The van der Waals surface area contributed by atoms with E-state index in [1.165, 1.54) is 33.5 Å². The molecular formula is C35H42N4O8S. The topological polar surface area (TPSA) is 152 Å². The predicted octanol–water partition coefficient (Wildman–Crippen LogP) is 5.43. The fraction of sp³-hybridized carbons (Fsp3) is 0.400. The molecule has 0 spiro atoms. The summed E-state index contributed by atoms with van der Waals surface area (Å²) < 4.78 is 42.9. The molecule has 3 aromatic carbocycles. The third-order valence-corrected chi connectivity index (χ3v) is 11.2. The monoisotopic (exact) mass is 678 g/mol. The number of hydrogen-bond donors (Lipinski definition) is 3. The molecule has 5 rings (SSSR count). The van der Waals surface area contributed by atoms with Gasteiger partial charge >= 0.3 is 6.09 Å². The number of sulfone groups is 1. The Morgan fingerprint density at radius 3 is 2.35 bits per heavy atom. The molecule has 0 aliphatic carbocycles. The molecule has 0 saturated carbocycles. The molecule has 1 unspecified atom stereocenters. The smallest absolute Gasteiger partial charge is 0.411 e. The molecule has 12 nitrogen and oxygen atoms in total. The normalized spacial score (nSPS) is 18.1. The summed E-state index contributed by atoms with van der Waals surface area (Å²) in [5.41, 5.74) is 3.36. The Morgan fingerprint density at radius 2 is 1.67 bits per heavy atom. The minimum atomic E-state index is -3.77. The van der Waals surface area contributed by atoms with Gasteiger partial charge in [-0.2, -0.15) is 0 Å². The Morgan fingerprint density at radius 1 is 0.938 bits per heavy atom. The summed E-state index contributed by atoms with van der Waals surface area (Å²) in [5.74, 6) is 0.572. The van der Waals surface area contributed by atoms with E-state index in [1.807, 2.05) is 19.1 Å². The number of likely N-dealkylation sites (tertiary alicyclic amines) is 1. The molecule has 3 atom stereocenters. The highest BCUT2D eigenvalue weighted by molar-refractivity contribution is 7.92. The van der Waals surface area contributed by atoms with E-state index in [-0.39, 0.29) is 22.6 Å². The van der Waals surface area contributed by atoms with Gasteiger partial charge in [0.15, 0.2) is 21.3 Å². The van der Waals surface area contributed by atoms with Gasteiger partial charge in [-0.25, -0.2) is 13.2 Å². The van der Waals surface area contributed by atoms with Crippen LogP contribution >= 0.6 is 0 Å². The highest BCUT2D eigenvalue weighted by Crippen LogP contribution is 2.41. The average molecular weight is 679 g/mol. The maximum atomic E-state index is 14.8. The standard InChI is InChI=1S/C35H42N4O8S/c1-20(2)48(43,44)31-14-11-24(38-35(42)47-6)18-27(31)28-8-7-15-39(28)34(41)32(22-9-13-29(45-4)30(16-22)46-5)37-23-10-12-25-21(3)19-36-33(40)26(25)17-23/h9-14,16-18,20-21,28,32,37H,7-8,15,19H2,1-6H3,(H,36,40)(H,38,42)/t21-,28+,32?/m0/s1. The number of methoxy groups -OCH3 is 3. The van der Waals surface area contributed by atoms with Crippen LogP contribution in [0.1, 0.15) is 78.7 Å². The molecule has 2 heterocycles. The summed E-state index contributed by atoms with van der Waals surface area (Å²) in [5, 5.41) is 8.17. The number of hydrogen-bond acceptors (Lipinski definition) is 9. The maximum absolute atomic E-state index is 14.8. The highest BCUT2D eigenvalue weighted by Gasteiger charge is 2.38. The lowest BCUT2D eigenvalue weighted by atomic mass is 9.91. The molecule has 1 fully saturated rings. The van der Waals surface area contributed by atoms with Crippen molar-refractivity contribution in [1.29, 1.82) is 0 Å². The first-order valence-corrected chi connectivity index (χ1v) is 17.4. The average Bonchev–Trinajstić information content (AvgIpc) is 3.58. The number of fused-ring (bicyclic) bond motifs is 1. The van der Waals surface area contributed by atoms with E-state index in [0.717, 1.165) is 5.56 Å². The minimum absolute atomic E-state index is 0.100. The first-order valence-electron chi connectivity index (χ1n) is 15.8. The van der Waals surface area contributed by atoms with E-state index >= 15 is 0 Å². The number of anilines is 2.